The van der Waals surface area contributed by atoms with Gasteiger partial charge in [0.25, 0.3) is 0 Å². The van der Waals surface area contributed by atoms with Crippen LogP contribution in [0.15, 0.2) is 12.4 Å². The number of Topliss-reactive ketones (excluding diaryl/α,β-unsaturated/α-hetero) is 1. The van der Waals surface area contributed by atoms with Gasteiger partial charge in [0.1, 0.15) is 0 Å². The SMILES string of the molecule is CC(C)C(O)CC(=O)c1nccn1C. The molecule has 0 aliphatic rings. The van der Waals surface area contributed by atoms with Gasteiger partial charge in [-0.1, -0.05) is 13.8 Å². The Labute approximate surface area is 83.6 Å². The number of imidazole rings is 1. The van der Waals surface area contributed by atoms with Crippen LogP contribution in [0.2, 0.25) is 0 Å². The Morgan fingerprint density at radius 3 is 2.71 bits per heavy atom. The third kappa shape index (κ3) is 2.42. The van der Waals surface area contributed by atoms with Gasteiger partial charge in [-0.3, -0.25) is 4.79 Å². The van der Waals surface area contributed by atoms with Gasteiger partial charge >= 0.3 is 0 Å². The summed E-state index contributed by atoms with van der Waals surface area (Å²) in [6.07, 6.45) is 2.85. The first-order valence-corrected chi connectivity index (χ1v) is 4.71. The van der Waals surface area contributed by atoms with E-state index in [9.17, 15) is 9.90 Å². The maximum Gasteiger partial charge on any atom is 0.200 e. The minimum absolute atomic E-state index is 0.0965. The predicted molar refractivity (Wildman–Crippen MR) is 53.0 cm³/mol. The van der Waals surface area contributed by atoms with Crippen LogP contribution >= 0.6 is 0 Å². The molecule has 1 heterocycles. The lowest BCUT2D eigenvalue weighted by atomic mass is 10.0. The van der Waals surface area contributed by atoms with Gasteiger partial charge in [0, 0.05) is 25.9 Å². The summed E-state index contributed by atoms with van der Waals surface area (Å²) in [6, 6.07) is 0. The van der Waals surface area contributed by atoms with Gasteiger partial charge in [-0.05, 0) is 5.92 Å². The highest BCUT2D eigenvalue weighted by molar-refractivity contribution is 5.93. The van der Waals surface area contributed by atoms with Crippen molar-refractivity contribution in [3.63, 3.8) is 0 Å². The number of aromatic nitrogens is 2. The van der Waals surface area contributed by atoms with Crippen LogP contribution in [0, 0.1) is 5.92 Å². The van der Waals surface area contributed by atoms with Crippen molar-refractivity contribution in [3.8, 4) is 0 Å². The smallest absolute Gasteiger partial charge is 0.200 e. The highest BCUT2D eigenvalue weighted by atomic mass is 16.3. The first-order valence-electron chi connectivity index (χ1n) is 4.71. The summed E-state index contributed by atoms with van der Waals surface area (Å²) >= 11 is 0. The van der Waals surface area contributed by atoms with E-state index in [2.05, 4.69) is 4.98 Å². The molecule has 0 fully saturated rings. The van der Waals surface area contributed by atoms with Gasteiger partial charge in [-0.2, -0.15) is 0 Å². The van der Waals surface area contributed by atoms with E-state index in [0.29, 0.717) is 5.82 Å². The molecule has 0 spiro atoms. The molecule has 0 aliphatic carbocycles. The largest absolute Gasteiger partial charge is 0.392 e. The molecule has 4 nitrogen and oxygen atoms in total. The molecule has 0 aliphatic heterocycles. The summed E-state index contributed by atoms with van der Waals surface area (Å²) in [4.78, 5) is 15.5. The maximum absolute atomic E-state index is 11.6. The molecular weight excluding hydrogens is 180 g/mol. The standard InChI is InChI=1S/C10H16N2O2/c1-7(2)8(13)6-9(14)10-11-4-5-12(10)3/h4-5,7-8,13H,6H2,1-3H3. The van der Waals surface area contributed by atoms with E-state index < -0.39 is 6.10 Å². The fourth-order valence-corrected chi connectivity index (χ4v) is 1.15. The first-order chi connectivity index (χ1) is 6.52. The monoisotopic (exact) mass is 196 g/mol. The lowest BCUT2D eigenvalue weighted by molar-refractivity contribution is 0.0778. The normalized spacial score (nSPS) is 13.2. The number of aliphatic hydroxyl groups excluding tert-OH is 1. The van der Waals surface area contributed by atoms with Crippen LogP contribution in [0.5, 0.6) is 0 Å². The Bertz CT molecular complexity index is 318. The maximum atomic E-state index is 11.6. The molecule has 4 heteroatoms. The van der Waals surface area contributed by atoms with E-state index in [0.717, 1.165) is 0 Å². The fourth-order valence-electron chi connectivity index (χ4n) is 1.15. The molecule has 0 saturated heterocycles. The molecule has 1 unspecified atom stereocenters. The second-order valence-electron chi connectivity index (χ2n) is 3.80. The number of ketones is 1. The summed E-state index contributed by atoms with van der Waals surface area (Å²) in [5.74, 6) is 0.391. The average molecular weight is 196 g/mol. The minimum atomic E-state index is -0.584. The highest BCUT2D eigenvalue weighted by Gasteiger charge is 2.18. The number of carbonyl (C=O) groups excluding carboxylic acids is 1. The van der Waals surface area contributed by atoms with Gasteiger partial charge in [0.05, 0.1) is 6.10 Å². The van der Waals surface area contributed by atoms with Gasteiger partial charge in [-0.25, -0.2) is 4.98 Å². The molecule has 0 aromatic carbocycles. The van der Waals surface area contributed by atoms with Crippen molar-refractivity contribution in [3.05, 3.63) is 18.2 Å². The lowest BCUT2D eigenvalue weighted by Gasteiger charge is -2.12. The Morgan fingerprint density at radius 1 is 1.64 bits per heavy atom. The molecule has 0 amide bonds. The van der Waals surface area contributed by atoms with Crippen molar-refractivity contribution in [1.29, 1.82) is 0 Å². The summed E-state index contributed by atoms with van der Waals surface area (Å²) in [5.41, 5.74) is 0. The molecule has 1 rings (SSSR count). The molecule has 14 heavy (non-hydrogen) atoms. The zero-order valence-corrected chi connectivity index (χ0v) is 8.77. The number of hydrogen-bond donors (Lipinski definition) is 1. The molecule has 0 bridgehead atoms. The quantitative estimate of drug-likeness (QED) is 0.731. The van der Waals surface area contributed by atoms with Crippen LogP contribution in [0.4, 0.5) is 0 Å². The van der Waals surface area contributed by atoms with E-state index in [4.69, 9.17) is 0 Å². The summed E-state index contributed by atoms with van der Waals surface area (Å²) in [6.45, 7) is 3.77. The first kappa shape index (κ1) is 10.9. The van der Waals surface area contributed by atoms with Crippen molar-refractivity contribution in [2.45, 2.75) is 26.4 Å². The Kier molecular flexibility index (Phi) is 3.41. The Balaban J connectivity index is 2.64. The number of aryl methyl sites for hydroxylation is 1. The molecule has 1 N–H and O–H groups in total. The zero-order chi connectivity index (χ0) is 10.7. The number of hydrogen-bond acceptors (Lipinski definition) is 3. The second kappa shape index (κ2) is 4.37. The molecule has 0 radical (unpaired) electrons. The van der Waals surface area contributed by atoms with Crippen LogP contribution in [0.25, 0.3) is 0 Å². The molecule has 78 valence electrons. The number of rotatable bonds is 4. The van der Waals surface area contributed by atoms with Crippen molar-refractivity contribution >= 4 is 5.78 Å². The molecule has 1 aromatic heterocycles. The second-order valence-corrected chi connectivity index (χ2v) is 3.80. The van der Waals surface area contributed by atoms with Gasteiger partial charge in [0.15, 0.2) is 5.82 Å². The third-order valence-corrected chi connectivity index (χ3v) is 2.23. The van der Waals surface area contributed by atoms with Gasteiger partial charge in [0.2, 0.25) is 5.78 Å². The number of carbonyl (C=O) groups is 1. The lowest BCUT2D eigenvalue weighted by Crippen LogP contribution is -2.21. The van der Waals surface area contributed by atoms with Gasteiger partial charge < -0.3 is 9.67 Å². The van der Waals surface area contributed by atoms with Crippen LogP contribution in [0.3, 0.4) is 0 Å². The van der Waals surface area contributed by atoms with Crippen LogP contribution in [-0.4, -0.2) is 26.5 Å². The predicted octanol–water partition coefficient (Wildman–Crippen LogP) is 1.01. The van der Waals surface area contributed by atoms with E-state index in [1.807, 2.05) is 13.8 Å². The van der Waals surface area contributed by atoms with E-state index in [1.165, 1.54) is 0 Å². The highest BCUT2D eigenvalue weighted by Crippen LogP contribution is 2.09. The van der Waals surface area contributed by atoms with Crippen LogP contribution in [0.1, 0.15) is 30.9 Å². The van der Waals surface area contributed by atoms with Crippen LogP contribution in [-0.2, 0) is 7.05 Å². The summed E-state index contributed by atoms with van der Waals surface area (Å²) in [5, 5.41) is 9.53. The molecule has 1 atom stereocenters. The van der Waals surface area contributed by atoms with Crippen molar-refractivity contribution in [2.75, 3.05) is 0 Å². The average Bonchev–Trinajstić information content (AvgIpc) is 2.51. The number of aliphatic hydroxyl groups is 1. The van der Waals surface area contributed by atoms with E-state index in [-0.39, 0.29) is 18.1 Å². The fraction of sp³-hybridized carbons (Fsp3) is 0.600. The molecule has 1 aromatic rings. The van der Waals surface area contributed by atoms with Crippen molar-refractivity contribution < 1.29 is 9.90 Å². The van der Waals surface area contributed by atoms with Crippen molar-refractivity contribution in [2.24, 2.45) is 13.0 Å². The molecular formula is C10H16N2O2. The number of nitrogens with zero attached hydrogens (tertiary/aromatic N) is 2. The Hall–Kier alpha value is -1.16. The van der Waals surface area contributed by atoms with E-state index >= 15 is 0 Å². The molecule has 0 saturated carbocycles. The summed E-state index contributed by atoms with van der Waals surface area (Å²) in [7, 11) is 1.77. The van der Waals surface area contributed by atoms with Crippen molar-refractivity contribution in [1.82, 2.24) is 9.55 Å². The Morgan fingerprint density at radius 2 is 2.29 bits per heavy atom. The minimum Gasteiger partial charge on any atom is -0.392 e. The third-order valence-electron chi connectivity index (χ3n) is 2.23. The summed E-state index contributed by atoms with van der Waals surface area (Å²) < 4.78 is 1.66. The topological polar surface area (TPSA) is 55.1 Å². The van der Waals surface area contributed by atoms with E-state index in [1.54, 1.807) is 24.0 Å². The zero-order valence-electron chi connectivity index (χ0n) is 8.77. The van der Waals surface area contributed by atoms with Crippen LogP contribution < -0.4 is 0 Å². The van der Waals surface area contributed by atoms with Gasteiger partial charge in [-0.15, -0.1) is 0 Å².